The van der Waals surface area contributed by atoms with E-state index in [-0.39, 0.29) is 32.6 Å². The third kappa shape index (κ3) is 69.6. The zero-order valence-corrected chi connectivity index (χ0v) is 55.3. The predicted molar refractivity (Wildman–Crippen MR) is 375 cm³/mol. The first-order valence-electron chi connectivity index (χ1n) is 33.6. The summed E-state index contributed by atoms with van der Waals surface area (Å²) in [6, 6.07) is 0. The summed E-state index contributed by atoms with van der Waals surface area (Å²) in [6.45, 7) is 3.44. The molecule has 0 radical (unpaired) electrons. The van der Waals surface area contributed by atoms with Gasteiger partial charge in [-0.25, -0.2) is 4.57 Å². The molecule has 0 aliphatic carbocycles. The monoisotopic (exact) mass is 1220 g/mol. The molecule has 2 unspecified atom stereocenters. The van der Waals surface area contributed by atoms with Gasteiger partial charge in [0.1, 0.15) is 6.61 Å². The predicted octanol–water partition coefficient (Wildman–Crippen LogP) is 22.3. The Bertz CT molecular complexity index is 2180. The Morgan fingerprint density at radius 1 is 0.345 bits per heavy atom. The van der Waals surface area contributed by atoms with Crippen LogP contribution in [0.4, 0.5) is 0 Å². The van der Waals surface area contributed by atoms with E-state index in [1.54, 1.807) is 0 Å². The molecule has 0 aromatic rings. The van der Waals surface area contributed by atoms with Gasteiger partial charge < -0.3 is 20.1 Å². The highest BCUT2D eigenvalue weighted by Crippen LogP contribution is 2.43. The number of hydrogen-bond donors (Lipinski definition) is 2. The molecule has 10 heteroatoms. The molecule has 0 saturated heterocycles. The summed E-state index contributed by atoms with van der Waals surface area (Å²) in [6.07, 6.45) is 108. The highest BCUT2D eigenvalue weighted by molar-refractivity contribution is 7.47. The van der Waals surface area contributed by atoms with Crippen molar-refractivity contribution in [3.05, 3.63) is 207 Å². The fraction of sp³-hybridized carbons (Fsp3) is 0.532. The number of esters is 2. The fourth-order valence-corrected chi connectivity index (χ4v) is 9.06. The van der Waals surface area contributed by atoms with Gasteiger partial charge in [-0.3, -0.25) is 18.6 Å². The van der Waals surface area contributed by atoms with Crippen molar-refractivity contribution in [2.75, 3.05) is 26.4 Å². The summed E-state index contributed by atoms with van der Waals surface area (Å²) < 4.78 is 33.1. The van der Waals surface area contributed by atoms with Crippen LogP contribution < -0.4 is 5.73 Å². The van der Waals surface area contributed by atoms with Crippen LogP contribution in [0.25, 0.3) is 0 Å². The van der Waals surface area contributed by atoms with E-state index >= 15 is 0 Å². The smallest absolute Gasteiger partial charge is 0.462 e. The van der Waals surface area contributed by atoms with E-state index in [1.165, 1.54) is 38.5 Å². The van der Waals surface area contributed by atoms with Crippen LogP contribution in [0.2, 0.25) is 0 Å². The molecular formula is C77H120NO8P. The zero-order valence-electron chi connectivity index (χ0n) is 54.4. The minimum atomic E-state index is -4.42. The maximum atomic E-state index is 12.7. The van der Waals surface area contributed by atoms with Gasteiger partial charge in [0.2, 0.25) is 0 Å². The first-order chi connectivity index (χ1) is 42.8. The molecule has 0 bridgehead atoms. The summed E-state index contributed by atoms with van der Waals surface area (Å²) in [5, 5.41) is 0. The molecular weight excluding hydrogens is 1100 g/mol. The number of hydrogen-bond acceptors (Lipinski definition) is 8. The molecule has 0 saturated carbocycles. The quantitative estimate of drug-likeness (QED) is 0.0264. The van der Waals surface area contributed by atoms with Crippen LogP contribution in [0.5, 0.6) is 0 Å². The molecule has 2 atom stereocenters. The molecule has 0 aromatic heterocycles. The molecule has 87 heavy (non-hydrogen) atoms. The van der Waals surface area contributed by atoms with Crippen molar-refractivity contribution in [1.82, 2.24) is 0 Å². The Hall–Kier alpha value is -5.41. The van der Waals surface area contributed by atoms with Crippen LogP contribution in [0.1, 0.15) is 232 Å². The Kier molecular flexibility index (Phi) is 65.4. The van der Waals surface area contributed by atoms with E-state index in [9.17, 15) is 19.0 Å². The molecule has 0 aromatic carbocycles. The van der Waals surface area contributed by atoms with Crippen molar-refractivity contribution < 1.29 is 37.6 Å². The van der Waals surface area contributed by atoms with E-state index in [0.29, 0.717) is 12.8 Å². The largest absolute Gasteiger partial charge is 0.472 e. The standard InChI is InChI=1S/C77H120NO8P/c1-3-5-7-9-11-13-15-17-19-21-23-25-27-29-31-33-35-36-37-38-40-41-43-45-47-49-51-53-55-57-59-61-63-65-67-69-76(79)83-73-75(74-85-87(81,82)84-72-71-78)86-77(80)70-68-66-64-62-60-58-56-54-52-50-48-46-44-42-39-34-32-30-28-26-24-22-20-18-16-14-12-10-8-6-4-2/h5-8,11-14,17-20,23-26,29-32,35-36,38-40,42-43,45-46,48,52,54,58,60,75H,3-4,9-10,15-16,21-22,27-28,33-34,37,41,44,47,49-51,53,55-57,59,61-74,78H2,1-2H3,(H,81,82)/b7-5-,8-6-,13-11-,14-12-,19-17-,20-18-,25-23-,26-24-,31-29-,32-30-,36-35-,40-38-,42-39-,45-43-,48-46-,54-52-,60-58-. The number of carbonyl (C=O) groups is 2. The first-order valence-corrected chi connectivity index (χ1v) is 35.1. The van der Waals surface area contributed by atoms with Crippen LogP contribution in [0.3, 0.4) is 0 Å². The van der Waals surface area contributed by atoms with Crippen molar-refractivity contribution in [3.8, 4) is 0 Å². The first kappa shape index (κ1) is 81.6. The van der Waals surface area contributed by atoms with Crippen LogP contribution in [0, 0.1) is 0 Å². The van der Waals surface area contributed by atoms with Crippen molar-refractivity contribution in [2.45, 2.75) is 238 Å². The van der Waals surface area contributed by atoms with E-state index in [4.69, 9.17) is 24.3 Å². The second kappa shape index (κ2) is 69.7. The lowest BCUT2D eigenvalue weighted by Crippen LogP contribution is -2.29. The highest BCUT2D eigenvalue weighted by atomic mass is 31.2. The topological polar surface area (TPSA) is 134 Å². The molecule has 0 fully saturated rings. The van der Waals surface area contributed by atoms with Gasteiger partial charge in [0.05, 0.1) is 13.2 Å². The molecule has 0 aliphatic heterocycles. The highest BCUT2D eigenvalue weighted by Gasteiger charge is 2.26. The van der Waals surface area contributed by atoms with Gasteiger partial charge in [0, 0.05) is 19.4 Å². The third-order valence-corrected chi connectivity index (χ3v) is 14.1. The minimum absolute atomic E-state index is 0.0354. The second-order valence-corrected chi connectivity index (χ2v) is 22.7. The number of rotatable bonds is 60. The van der Waals surface area contributed by atoms with Gasteiger partial charge in [-0.15, -0.1) is 0 Å². The summed E-state index contributed by atoms with van der Waals surface area (Å²) in [5.74, 6) is -0.888. The number of carbonyl (C=O) groups excluding carboxylic acids is 2. The maximum absolute atomic E-state index is 12.7. The van der Waals surface area contributed by atoms with E-state index in [1.807, 2.05) is 0 Å². The van der Waals surface area contributed by atoms with Gasteiger partial charge in [0.25, 0.3) is 0 Å². The van der Waals surface area contributed by atoms with Crippen LogP contribution in [-0.2, 0) is 32.7 Å². The number of allylic oxidation sites excluding steroid dienone is 34. The third-order valence-electron chi connectivity index (χ3n) is 13.2. The summed E-state index contributed by atoms with van der Waals surface area (Å²) >= 11 is 0. The fourth-order valence-electron chi connectivity index (χ4n) is 8.29. The van der Waals surface area contributed by atoms with Crippen molar-refractivity contribution in [3.63, 3.8) is 0 Å². The van der Waals surface area contributed by atoms with Gasteiger partial charge in [-0.2, -0.15) is 0 Å². The lowest BCUT2D eigenvalue weighted by atomic mass is 10.1. The molecule has 0 spiro atoms. The number of nitrogens with two attached hydrogens (primary N) is 1. The molecule has 486 valence electrons. The summed E-state index contributed by atoms with van der Waals surface area (Å²) in [5.41, 5.74) is 5.39. The van der Waals surface area contributed by atoms with Crippen molar-refractivity contribution in [1.29, 1.82) is 0 Å². The van der Waals surface area contributed by atoms with Gasteiger partial charge in [0.15, 0.2) is 6.10 Å². The molecule has 0 rings (SSSR count). The lowest BCUT2D eigenvalue weighted by Gasteiger charge is -2.19. The molecule has 0 heterocycles. The van der Waals surface area contributed by atoms with Crippen LogP contribution in [-0.4, -0.2) is 49.3 Å². The Morgan fingerprint density at radius 2 is 0.598 bits per heavy atom. The molecule has 0 aliphatic rings. The van der Waals surface area contributed by atoms with Gasteiger partial charge >= 0.3 is 19.8 Å². The number of ether oxygens (including phenoxy) is 2. The second-order valence-electron chi connectivity index (χ2n) is 21.2. The number of unbranched alkanes of at least 4 members (excludes halogenated alkanes) is 13. The average molecular weight is 1220 g/mol. The van der Waals surface area contributed by atoms with Crippen molar-refractivity contribution in [2.24, 2.45) is 5.73 Å². The SMILES string of the molecule is CC/C=C\C/C=C\C/C=C\C/C=C\C/C=C\C/C=C\C/C=C\C/C=C\C/C=C\CCCCCC(=O)OC(COC(=O)CCCCCCCCCCCC/C=C\C/C=C\C/C=C\C/C=C\C/C=C\C/C=C\C/C=C\C/C=C\CC)COP(=O)(O)OCCN. The maximum Gasteiger partial charge on any atom is 0.472 e. The average Bonchev–Trinajstić information content (AvgIpc) is 3.66. The van der Waals surface area contributed by atoms with Gasteiger partial charge in [-0.05, 0) is 148 Å². The normalized spacial score (nSPS) is 14.3. The summed E-state index contributed by atoms with van der Waals surface area (Å²) in [7, 11) is -4.42. The number of phosphoric acid groups is 1. The van der Waals surface area contributed by atoms with Crippen molar-refractivity contribution >= 4 is 19.8 Å². The lowest BCUT2D eigenvalue weighted by molar-refractivity contribution is -0.161. The Labute approximate surface area is 531 Å². The minimum Gasteiger partial charge on any atom is -0.462 e. The summed E-state index contributed by atoms with van der Waals surface area (Å²) in [4.78, 5) is 35.3. The van der Waals surface area contributed by atoms with E-state index in [0.717, 1.165) is 154 Å². The Morgan fingerprint density at radius 3 is 0.897 bits per heavy atom. The number of phosphoric ester groups is 1. The van der Waals surface area contributed by atoms with Crippen LogP contribution in [0.15, 0.2) is 207 Å². The molecule has 9 nitrogen and oxygen atoms in total. The molecule has 0 amide bonds. The molecule has 3 N–H and O–H groups in total. The Balaban J connectivity index is 4.07. The van der Waals surface area contributed by atoms with E-state index < -0.39 is 32.5 Å². The van der Waals surface area contributed by atoms with E-state index in [2.05, 4.69) is 220 Å². The van der Waals surface area contributed by atoms with Gasteiger partial charge in [-0.1, -0.05) is 278 Å². The zero-order chi connectivity index (χ0) is 63.0. The van der Waals surface area contributed by atoms with Crippen LogP contribution >= 0.6 is 7.82 Å².